The fourth-order valence-corrected chi connectivity index (χ4v) is 2.09. The summed E-state index contributed by atoms with van der Waals surface area (Å²) in [5.74, 6) is -0.106. The highest BCUT2D eigenvalue weighted by Crippen LogP contribution is 2.26. The molecule has 0 unspecified atom stereocenters. The molecule has 0 bridgehead atoms. The molecule has 1 aliphatic rings. The molecule has 52 valence electrons. The fraction of sp³-hybridized carbons (Fsp3) is 0.286. The van der Waals surface area contributed by atoms with Crippen molar-refractivity contribution in [2.24, 2.45) is 0 Å². The Hall–Kier alpha value is -0.670. The van der Waals surface area contributed by atoms with Gasteiger partial charge in [-0.15, -0.1) is 11.3 Å². The maximum atomic E-state index is 11.0. The van der Waals surface area contributed by atoms with Gasteiger partial charge in [0.2, 0.25) is 5.78 Å². The van der Waals surface area contributed by atoms with Crippen LogP contribution in [0.15, 0.2) is 11.4 Å². The van der Waals surface area contributed by atoms with Crippen molar-refractivity contribution in [2.45, 2.75) is 12.5 Å². The summed E-state index contributed by atoms with van der Waals surface area (Å²) in [6.45, 7) is 0. The van der Waals surface area contributed by atoms with E-state index in [4.69, 9.17) is 5.11 Å². The zero-order chi connectivity index (χ0) is 7.14. The Morgan fingerprint density at radius 1 is 1.70 bits per heavy atom. The zero-order valence-corrected chi connectivity index (χ0v) is 6.02. The van der Waals surface area contributed by atoms with Crippen LogP contribution in [0.2, 0.25) is 0 Å². The minimum atomic E-state index is -0.762. The first-order valence-electron chi connectivity index (χ1n) is 3.07. The van der Waals surface area contributed by atoms with Crippen LogP contribution in [0.25, 0.3) is 0 Å². The molecule has 0 aromatic carbocycles. The van der Waals surface area contributed by atoms with E-state index in [-0.39, 0.29) is 5.78 Å². The van der Waals surface area contributed by atoms with Crippen molar-refractivity contribution >= 4 is 17.1 Å². The van der Waals surface area contributed by atoms with Crippen molar-refractivity contribution in [1.29, 1.82) is 0 Å². The number of rotatable bonds is 0. The number of hydrogen-bond acceptors (Lipinski definition) is 3. The van der Waals surface area contributed by atoms with E-state index < -0.39 is 6.10 Å². The summed E-state index contributed by atoms with van der Waals surface area (Å²) < 4.78 is 0. The van der Waals surface area contributed by atoms with Crippen molar-refractivity contribution in [1.82, 2.24) is 0 Å². The Morgan fingerprint density at radius 2 is 2.50 bits per heavy atom. The molecule has 0 amide bonds. The van der Waals surface area contributed by atoms with Gasteiger partial charge in [-0.1, -0.05) is 0 Å². The topological polar surface area (TPSA) is 37.3 Å². The molecule has 10 heavy (non-hydrogen) atoms. The molecule has 1 aliphatic carbocycles. The van der Waals surface area contributed by atoms with Crippen LogP contribution in [0.1, 0.15) is 15.2 Å². The molecular weight excluding hydrogens is 148 g/mol. The Labute approximate surface area is 62.1 Å². The second-order valence-electron chi connectivity index (χ2n) is 2.36. The lowest BCUT2D eigenvalue weighted by Crippen LogP contribution is -2.13. The smallest absolute Gasteiger partial charge is 0.201 e. The van der Waals surface area contributed by atoms with Crippen molar-refractivity contribution in [3.8, 4) is 0 Å². The van der Waals surface area contributed by atoms with E-state index >= 15 is 0 Å². The molecular formula is C7H6O2S. The summed E-state index contributed by atoms with van der Waals surface area (Å²) in [4.78, 5) is 11.8. The molecule has 2 rings (SSSR count). The highest BCUT2D eigenvalue weighted by atomic mass is 32.1. The van der Waals surface area contributed by atoms with E-state index in [0.717, 1.165) is 10.4 Å². The molecule has 1 N–H and O–H groups in total. The van der Waals surface area contributed by atoms with Gasteiger partial charge < -0.3 is 5.11 Å². The third-order valence-electron chi connectivity index (χ3n) is 1.69. The zero-order valence-electron chi connectivity index (χ0n) is 5.20. The van der Waals surface area contributed by atoms with Crippen molar-refractivity contribution < 1.29 is 9.90 Å². The van der Waals surface area contributed by atoms with Crippen molar-refractivity contribution in [3.05, 3.63) is 21.9 Å². The standard InChI is InChI=1S/C7H6O2S/c8-5-3-4-1-2-10-7(4)6(5)9/h1-2,5,8H,3H2/t5-/m0/s1. The lowest BCUT2D eigenvalue weighted by Gasteiger charge is -1.93. The fourth-order valence-electron chi connectivity index (χ4n) is 1.16. The van der Waals surface area contributed by atoms with Gasteiger partial charge in [-0.2, -0.15) is 0 Å². The average molecular weight is 154 g/mol. The van der Waals surface area contributed by atoms with Gasteiger partial charge in [0.05, 0.1) is 4.88 Å². The molecule has 0 aliphatic heterocycles. The Kier molecular flexibility index (Phi) is 1.16. The van der Waals surface area contributed by atoms with E-state index in [0.29, 0.717) is 6.42 Å². The number of carbonyl (C=O) groups excluding carboxylic acids is 1. The lowest BCUT2D eigenvalue weighted by atomic mass is 10.2. The van der Waals surface area contributed by atoms with Gasteiger partial charge >= 0.3 is 0 Å². The third-order valence-corrected chi connectivity index (χ3v) is 2.66. The summed E-state index contributed by atoms with van der Waals surface area (Å²) in [7, 11) is 0. The Morgan fingerprint density at radius 3 is 3.20 bits per heavy atom. The molecule has 2 nitrogen and oxygen atoms in total. The molecule has 1 heterocycles. The third kappa shape index (κ3) is 0.646. The predicted octanol–water partition coefficient (Wildman–Crippen LogP) is 0.848. The van der Waals surface area contributed by atoms with Gasteiger partial charge in [0.1, 0.15) is 6.10 Å². The number of ketones is 1. The summed E-state index contributed by atoms with van der Waals surface area (Å²) >= 11 is 1.41. The van der Waals surface area contributed by atoms with Crippen LogP contribution in [0, 0.1) is 0 Å². The normalized spacial score (nSPS) is 23.3. The van der Waals surface area contributed by atoms with Gasteiger partial charge in [0.15, 0.2) is 0 Å². The molecule has 1 aromatic rings. The van der Waals surface area contributed by atoms with Crippen LogP contribution >= 0.6 is 11.3 Å². The highest BCUT2D eigenvalue weighted by molar-refractivity contribution is 7.12. The van der Waals surface area contributed by atoms with Gasteiger partial charge in [0.25, 0.3) is 0 Å². The number of carbonyl (C=O) groups is 1. The minimum absolute atomic E-state index is 0.106. The van der Waals surface area contributed by atoms with E-state index in [1.165, 1.54) is 11.3 Å². The molecule has 0 fully saturated rings. The van der Waals surface area contributed by atoms with Gasteiger partial charge in [-0.25, -0.2) is 0 Å². The first-order chi connectivity index (χ1) is 4.79. The van der Waals surface area contributed by atoms with E-state index in [9.17, 15) is 4.79 Å². The van der Waals surface area contributed by atoms with Gasteiger partial charge in [0, 0.05) is 6.42 Å². The van der Waals surface area contributed by atoms with E-state index in [1.54, 1.807) is 0 Å². The molecule has 0 radical (unpaired) electrons. The summed E-state index contributed by atoms with van der Waals surface area (Å²) in [6, 6.07) is 1.90. The van der Waals surface area contributed by atoms with Crippen LogP contribution in [0.3, 0.4) is 0 Å². The van der Waals surface area contributed by atoms with Crippen LogP contribution in [0.5, 0.6) is 0 Å². The molecule has 0 spiro atoms. The summed E-state index contributed by atoms with van der Waals surface area (Å²) in [6.07, 6.45) is -0.250. The highest BCUT2D eigenvalue weighted by Gasteiger charge is 2.29. The maximum Gasteiger partial charge on any atom is 0.201 e. The van der Waals surface area contributed by atoms with Gasteiger partial charge in [-0.3, -0.25) is 4.79 Å². The average Bonchev–Trinajstić information content (AvgIpc) is 2.41. The number of aliphatic hydroxyl groups is 1. The van der Waals surface area contributed by atoms with Crippen LogP contribution < -0.4 is 0 Å². The molecule has 1 atom stereocenters. The quantitative estimate of drug-likeness (QED) is 0.601. The predicted molar refractivity (Wildman–Crippen MR) is 38.4 cm³/mol. The van der Waals surface area contributed by atoms with E-state index in [1.807, 2.05) is 11.4 Å². The second kappa shape index (κ2) is 1.90. The number of hydrogen-bond donors (Lipinski definition) is 1. The maximum absolute atomic E-state index is 11.0. The summed E-state index contributed by atoms with van der Waals surface area (Å²) in [5.41, 5.74) is 1.00. The van der Waals surface area contributed by atoms with Crippen LogP contribution in [0.4, 0.5) is 0 Å². The number of Topliss-reactive ketones (excluding diaryl/α,β-unsaturated/α-hetero) is 1. The van der Waals surface area contributed by atoms with Crippen molar-refractivity contribution in [3.63, 3.8) is 0 Å². The largest absolute Gasteiger partial charge is 0.385 e. The molecule has 1 aromatic heterocycles. The number of fused-ring (bicyclic) bond motifs is 1. The van der Waals surface area contributed by atoms with Crippen LogP contribution in [-0.2, 0) is 6.42 Å². The number of thiophene rings is 1. The monoisotopic (exact) mass is 154 g/mol. The molecule has 0 saturated carbocycles. The van der Waals surface area contributed by atoms with Crippen molar-refractivity contribution in [2.75, 3.05) is 0 Å². The first-order valence-corrected chi connectivity index (χ1v) is 3.95. The first kappa shape index (κ1) is 6.07. The number of aliphatic hydroxyl groups excluding tert-OH is 1. The van der Waals surface area contributed by atoms with Crippen LogP contribution in [-0.4, -0.2) is 17.0 Å². The molecule has 0 saturated heterocycles. The second-order valence-corrected chi connectivity index (χ2v) is 3.28. The lowest BCUT2D eigenvalue weighted by molar-refractivity contribution is 0.0783. The minimum Gasteiger partial charge on any atom is -0.385 e. The summed E-state index contributed by atoms with van der Waals surface area (Å²) in [5, 5.41) is 10.9. The Balaban J connectivity index is 2.53. The molecule has 3 heteroatoms. The van der Waals surface area contributed by atoms with E-state index in [2.05, 4.69) is 0 Å². The van der Waals surface area contributed by atoms with Gasteiger partial charge in [-0.05, 0) is 17.0 Å². The SMILES string of the molecule is O=C1c2sccc2C[C@@H]1O. The Bertz CT molecular complexity index is 277.